The van der Waals surface area contributed by atoms with E-state index in [0.717, 1.165) is 12.8 Å². The van der Waals surface area contributed by atoms with Gasteiger partial charge in [-0.3, -0.25) is 14.5 Å². The molecule has 0 aromatic carbocycles. The fourth-order valence-electron chi connectivity index (χ4n) is 2.30. The van der Waals surface area contributed by atoms with Crippen molar-refractivity contribution in [2.24, 2.45) is 5.92 Å². The number of carboxylic acids is 1. The summed E-state index contributed by atoms with van der Waals surface area (Å²) in [6.07, 6.45) is 4.46. The van der Waals surface area contributed by atoms with Crippen molar-refractivity contribution in [3.05, 3.63) is 0 Å². The van der Waals surface area contributed by atoms with Crippen LogP contribution in [0.25, 0.3) is 0 Å². The highest BCUT2D eigenvalue weighted by molar-refractivity contribution is 8.24. The van der Waals surface area contributed by atoms with E-state index >= 15 is 0 Å². The van der Waals surface area contributed by atoms with E-state index < -0.39 is 5.97 Å². The molecule has 4 nitrogen and oxygen atoms in total. The maximum atomic E-state index is 12.0. The number of hydrogen-bond donors (Lipinski definition) is 1. The van der Waals surface area contributed by atoms with Crippen LogP contribution in [-0.4, -0.2) is 38.0 Å². The molecule has 1 heterocycles. The number of thiocarbonyl (C=S) groups is 1. The van der Waals surface area contributed by atoms with E-state index in [1.807, 2.05) is 0 Å². The molecule has 0 spiro atoms. The third kappa shape index (κ3) is 2.22. The Balaban J connectivity index is 2.06. The predicted octanol–water partition coefficient (Wildman–Crippen LogP) is 1.49. The van der Waals surface area contributed by atoms with Gasteiger partial charge in [-0.05, 0) is 18.8 Å². The molecule has 88 valence electrons. The van der Waals surface area contributed by atoms with Gasteiger partial charge in [0.1, 0.15) is 10.9 Å². The first kappa shape index (κ1) is 11.9. The third-order valence-corrected chi connectivity index (χ3v) is 4.85. The van der Waals surface area contributed by atoms with Crippen LogP contribution in [0.5, 0.6) is 0 Å². The fraction of sp³-hybridized carbons (Fsp3) is 0.700. The van der Waals surface area contributed by atoms with E-state index in [1.54, 1.807) is 0 Å². The first-order valence-electron chi connectivity index (χ1n) is 5.33. The maximum absolute atomic E-state index is 12.0. The minimum Gasteiger partial charge on any atom is -0.480 e. The second-order valence-corrected chi connectivity index (χ2v) is 5.94. The molecule has 0 bridgehead atoms. The molecule has 6 heteroatoms. The number of carboxylic acid groups (broad SMARTS) is 1. The molecule has 1 amide bonds. The van der Waals surface area contributed by atoms with Crippen LogP contribution in [0.2, 0.25) is 0 Å². The van der Waals surface area contributed by atoms with Crippen LogP contribution in [0.4, 0.5) is 0 Å². The van der Waals surface area contributed by atoms with Crippen LogP contribution in [0.1, 0.15) is 25.7 Å². The Morgan fingerprint density at radius 1 is 1.50 bits per heavy atom. The quantitative estimate of drug-likeness (QED) is 0.778. The van der Waals surface area contributed by atoms with Gasteiger partial charge in [-0.25, -0.2) is 0 Å². The molecule has 16 heavy (non-hydrogen) atoms. The molecule has 2 rings (SSSR count). The third-order valence-electron chi connectivity index (χ3n) is 3.08. The summed E-state index contributed by atoms with van der Waals surface area (Å²) in [4.78, 5) is 23.8. The van der Waals surface area contributed by atoms with E-state index in [-0.39, 0.29) is 17.7 Å². The lowest BCUT2D eigenvalue weighted by molar-refractivity contribution is -0.141. The minimum atomic E-state index is -1.01. The van der Waals surface area contributed by atoms with E-state index in [2.05, 4.69) is 0 Å². The van der Waals surface area contributed by atoms with Gasteiger partial charge in [0.2, 0.25) is 5.91 Å². The predicted molar refractivity (Wildman–Crippen MR) is 65.3 cm³/mol. The Kier molecular flexibility index (Phi) is 3.49. The van der Waals surface area contributed by atoms with Crippen LogP contribution >= 0.6 is 24.0 Å². The smallest absolute Gasteiger partial charge is 0.323 e. The minimum absolute atomic E-state index is 0.107. The number of nitrogens with zero attached hydrogens (tertiary/aromatic N) is 1. The summed E-state index contributed by atoms with van der Waals surface area (Å²) in [6, 6.07) is 0. The van der Waals surface area contributed by atoms with Crippen molar-refractivity contribution in [1.29, 1.82) is 0 Å². The number of carbonyl (C=O) groups is 2. The van der Waals surface area contributed by atoms with Gasteiger partial charge in [-0.2, -0.15) is 0 Å². The van der Waals surface area contributed by atoms with Gasteiger partial charge in [0.15, 0.2) is 0 Å². The number of thioether (sulfide) groups is 1. The summed E-state index contributed by atoms with van der Waals surface area (Å²) >= 11 is 6.42. The number of rotatable bonds is 3. The normalized spacial score (nSPS) is 26.8. The van der Waals surface area contributed by atoms with Crippen molar-refractivity contribution in [3.63, 3.8) is 0 Å². The summed E-state index contributed by atoms with van der Waals surface area (Å²) < 4.78 is 0.421. The second-order valence-electron chi connectivity index (χ2n) is 4.17. The van der Waals surface area contributed by atoms with Gasteiger partial charge in [0.25, 0.3) is 0 Å². The maximum Gasteiger partial charge on any atom is 0.323 e. The molecule has 1 N–H and O–H groups in total. The molecule has 0 radical (unpaired) electrons. The van der Waals surface area contributed by atoms with Crippen molar-refractivity contribution in [2.45, 2.75) is 30.9 Å². The lowest BCUT2D eigenvalue weighted by atomic mass is 10.0. The highest BCUT2D eigenvalue weighted by atomic mass is 32.2. The lowest BCUT2D eigenvalue weighted by Gasteiger charge is -2.15. The van der Waals surface area contributed by atoms with E-state index in [4.69, 9.17) is 17.3 Å². The van der Waals surface area contributed by atoms with Crippen molar-refractivity contribution >= 4 is 40.2 Å². The van der Waals surface area contributed by atoms with Crippen molar-refractivity contribution in [3.8, 4) is 0 Å². The van der Waals surface area contributed by atoms with Crippen LogP contribution in [-0.2, 0) is 9.59 Å². The molecule has 2 aliphatic rings. The number of aliphatic carboxylic acids is 1. The van der Waals surface area contributed by atoms with Crippen LogP contribution in [0.15, 0.2) is 0 Å². The zero-order valence-electron chi connectivity index (χ0n) is 8.72. The Bertz CT molecular complexity index is 339. The van der Waals surface area contributed by atoms with E-state index in [0.29, 0.717) is 10.2 Å². The molecule has 1 unspecified atom stereocenters. The van der Waals surface area contributed by atoms with Crippen LogP contribution < -0.4 is 0 Å². The largest absolute Gasteiger partial charge is 0.480 e. The Hall–Kier alpha value is -0.620. The average Bonchev–Trinajstić information content (AvgIpc) is 2.80. The lowest BCUT2D eigenvalue weighted by Crippen LogP contribution is -2.37. The first-order valence-corrected chi connectivity index (χ1v) is 6.62. The van der Waals surface area contributed by atoms with Gasteiger partial charge in [-0.15, -0.1) is 0 Å². The SMILES string of the molecule is O=C(O)CN1C(=O)C(C2CCCC2)SC1=S. The molecule has 1 saturated heterocycles. The summed E-state index contributed by atoms with van der Waals surface area (Å²) in [5.41, 5.74) is 0. The van der Waals surface area contributed by atoms with Crippen molar-refractivity contribution in [2.75, 3.05) is 6.54 Å². The van der Waals surface area contributed by atoms with Crippen LogP contribution in [0, 0.1) is 5.92 Å². The van der Waals surface area contributed by atoms with Crippen LogP contribution in [0.3, 0.4) is 0 Å². The summed E-state index contributed by atoms with van der Waals surface area (Å²) in [5.74, 6) is -0.734. The highest BCUT2D eigenvalue weighted by Gasteiger charge is 2.42. The average molecular weight is 259 g/mol. The number of carbonyl (C=O) groups excluding carboxylic acids is 1. The van der Waals surface area contributed by atoms with Gasteiger partial charge < -0.3 is 5.11 Å². The number of hydrogen-bond acceptors (Lipinski definition) is 4. The molecule has 1 saturated carbocycles. The zero-order valence-corrected chi connectivity index (χ0v) is 10.4. The number of amides is 1. The highest BCUT2D eigenvalue weighted by Crippen LogP contribution is 2.39. The standard InChI is InChI=1S/C10H13NO3S2/c12-7(13)5-11-9(14)8(16-10(11)15)6-3-1-2-4-6/h6,8H,1-5H2,(H,12,13). The topological polar surface area (TPSA) is 57.6 Å². The van der Waals surface area contributed by atoms with Gasteiger partial charge in [-0.1, -0.05) is 36.8 Å². The monoisotopic (exact) mass is 259 g/mol. The van der Waals surface area contributed by atoms with Crippen molar-refractivity contribution in [1.82, 2.24) is 4.90 Å². The molecule has 1 aliphatic carbocycles. The second kappa shape index (κ2) is 4.71. The van der Waals surface area contributed by atoms with Gasteiger partial charge >= 0.3 is 5.97 Å². The molecule has 2 fully saturated rings. The molecular formula is C10H13NO3S2. The first-order chi connectivity index (χ1) is 7.59. The van der Waals surface area contributed by atoms with E-state index in [9.17, 15) is 9.59 Å². The van der Waals surface area contributed by atoms with Gasteiger partial charge in [0.05, 0.1) is 5.25 Å². The molecular weight excluding hydrogens is 246 g/mol. The fourth-order valence-corrected chi connectivity index (χ4v) is 3.96. The Morgan fingerprint density at radius 2 is 2.12 bits per heavy atom. The zero-order chi connectivity index (χ0) is 11.7. The summed E-state index contributed by atoms with van der Waals surface area (Å²) in [5, 5.41) is 8.57. The van der Waals surface area contributed by atoms with E-state index in [1.165, 1.54) is 29.5 Å². The molecule has 1 atom stereocenters. The van der Waals surface area contributed by atoms with Gasteiger partial charge in [0, 0.05) is 0 Å². The summed E-state index contributed by atoms with van der Waals surface area (Å²) in [6.45, 7) is -0.298. The molecule has 1 aliphatic heterocycles. The Morgan fingerprint density at radius 3 is 2.69 bits per heavy atom. The molecule has 0 aromatic heterocycles. The summed E-state index contributed by atoms with van der Waals surface area (Å²) in [7, 11) is 0. The molecule has 0 aromatic rings. The Labute approximate surface area is 103 Å². The van der Waals surface area contributed by atoms with Crippen molar-refractivity contribution < 1.29 is 14.7 Å².